The van der Waals surface area contributed by atoms with Crippen LogP contribution in [0.3, 0.4) is 0 Å². The molecule has 0 bridgehead atoms. The third-order valence-corrected chi connectivity index (χ3v) is 4.59. The van der Waals surface area contributed by atoms with Gasteiger partial charge < -0.3 is 5.32 Å². The van der Waals surface area contributed by atoms with E-state index in [2.05, 4.69) is 25.4 Å². The highest BCUT2D eigenvalue weighted by atomic mass is 32.2. The topological polar surface area (TPSA) is 68.5 Å². The fraction of sp³-hybridized carbons (Fsp3) is 0.273. The van der Waals surface area contributed by atoms with Crippen LogP contribution in [-0.4, -0.2) is 37.4 Å². The molecule has 110 valence electrons. The molecule has 0 aliphatic heterocycles. The number of anilines is 2. The molecule has 0 aliphatic rings. The molecule has 0 aromatic carbocycles. The molecule has 0 unspecified atom stereocenters. The van der Waals surface area contributed by atoms with Crippen molar-refractivity contribution < 1.29 is 8.78 Å². The minimum absolute atomic E-state index is 0.432. The van der Waals surface area contributed by atoms with Crippen LogP contribution >= 0.6 is 23.1 Å². The Labute approximate surface area is 126 Å². The summed E-state index contributed by atoms with van der Waals surface area (Å²) in [5, 5.41) is 7.03. The van der Waals surface area contributed by atoms with E-state index in [0.717, 1.165) is 9.04 Å². The fourth-order valence-corrected chi connectivity index (χ4v) is 3.16. The molecule has 21 heavy (non-hydrogen) atoms. The molecule has 0 aliphatic carbocycles. The van der Waals surface area contributed by atoms with Crippen LogP contribution in [0.2, 0.25) is 0 Å². The van der Waals surface area contributed by atoms with Crippen molar-refractivity contribution in [3.8, 4) is 0 Å². The molecule has 3 aromatic rings. The number of hydrogen-bond donors (Lipinski definition) is 1. The maximum Gasteiger partial charge on any atom is 0.257 e. The second kappa shape index (κ2) is 5.90. The summed E-state index contributed by atoms with van der Waals surface area (Å²) >= 11 is 3.00. The van der Waals surface area contributed by atoms with Crippen molar-refractivity contribution in [3.63, 3.8) is 0 Å². The zero-order chi connectivity index (χ0) is 14.8. The van der Waals surface area contributed by atoms with Crippen LogP contribution in [-0.2, 0) is 6.54 Å². The van der Waals surface area contributed by atoms with Gasteiger partial charge in [-0.05, 0) is 6.26 Å². The number of hydrogen-bond acceptors (Lipinski definition) is 7. The van der Waals surface area contributed by atoms with E-state index in [1.807, 2.05) is 6.26 Å². The summed E-state index contributed by atoms with van der Waals surface area (Å²) in [5.74, 6) is 1.02. The first kappa shape index (κ1) is 14.1. The summed E-state index contributed by atoms with van der Waals surface area (Å²) in [6.45, 7) is -0.432. The summed E-state index contributed by atoms with van der Waals surface area (Å²) in [7, 11) is 0. The second-order valence-electron chi connectivity index (χ2n) is 4.00. The highest BCUT2D eigenvalue weighted by molar-refractivity contribution is 8.00. The number of halogens is 2. The highest BCUT2D eigenvalue weighted by Crippen LogP contribution is 2.31. The van der Waals surface area contributed by atoms with E-state index in [9.17, 15) is 8.78 Å². The molecule has 3 rings (SSSR count). The fourth-order valence-electron chi connectivity index (χ4n) is 1.70. The SMILES string of the molecule is CSc1nc2ncnc(Nc3ccn(CC(F)F)n3)c2s1. The first-order valence-corrected chi connectivity index (χ1v) is 7.94. The van der Waals surface area contributed by atoms with Gasteiger partial charge in [0.15, 0.2) is 21.6 Å². The summed E-state index contributed by atoms with van der Waals surface area (Å²) in [5.41, 5.74) is 0.605. The molecule has 1 N–H and O–H groups in total. The number of thioether (sulfide) groups is 1. The summed E-state index contributed by atoms with van der Waals surface area (Å²) in [6, 6.07) is 1.62. The number of rotatable bonds is 5. The average molecular weight is 328 g/mol. The molecule has 3 aromatic heterocycles. The van der Waals surface area contributed by atoms with Gasteiger partial charge in [-0.2, -0.15) is 5.10 Å². The number of nitrogens with one attached hydrogen (secondary N) is 1. The molecule has 0 atom stereocenters. The monoisotopic (exact) mass is 328 g/mol. The molecular formula is C11H10F2N6S2. The Hall–Kier alpha value is -1.81. The molecule has 0 spiro atoms. The van der Waals surface area contributed by atoms with Crippen molar-refractivity contribution in [1.29, 1.82) is 0 Å². The number of alkyl halides is 2. The zero-order valence-electron chi connectivity index (χ0n) is 10.8. The Kier molecular flexibility index (Phi) is 3.97. The molecule has 0 radical (unpaired) electrons. The molecule has 10 heteroatoms. The summed E-state index contributed by atoms with van der Waals surface area (Å²) in [6.07, 6.45) is 2.40. The number of nitrogens with zero attached hydrogens (tertiary/aromatic N) is 5. The predicted molar refractivity (Wildman–Crippen MR) is 78.5 cm³/mol. The van der Waals surface area contributed by atoms with Crippen LogP contribution in [0.1, 0.15) is 0 Å². The van der Waals surface area contributed by atoms with E-state index in [1.54, 1.807) is 6.07 Å². The van der Waals surface area contributed by atoms with Gasteiger partial charge in [0.1, 0.15) is 17.6 Å². The first-order chi connectivity index (χ1) is 10.2. The van der Waals surface area contributed by atoms with Crippen molar-refractivity contribution in [1.82, 2.24) is 24.7 Å². The standard InChI is InChI=1S/C11H10F2N6S2/c1-20-11-17-10-8(21-11)9(14-5-15-10)16-7-2-3-19(18-7)4-6(12)13/h2-3,5-6H,4H2,1H3,(H,14,15,16,18). The Morgan fingerprint density at radius 3 is 3.05 bits per heavy atom. The summed E-state index contributed by atoms with van der Waals surface area (Å²) in [4.78, 5) is 12.6. The second-order valence-corrected chi connectivity index (χ2v) is 6.05. The lowest BCUT2D eigenvalue weighted by Crippen LogP contribution is -2.07. The molecular weight excluding hydrogens is 318 g/mol. The largest absolute Gasteiger partial charge is 0.322 e. The summed E-state index contributed by atoms with van der Waals surface area (Å²) < 4.78 is 27.5. The van der Waals surface area contributed by atoms with Crippen LogP contribution in [0.4, 0.5) is 20.4 Å². The lowest BCUT2D eigenvalue weighted by molar-refractivity contribution is 0.122. The van der Waals surface area contributed by atoms with E-state index < -0.39 is 13.0 Å². The Morgan fingerprint density at radius 1 is 1.43 bits per heavy atom. The molecule has 0 fully saturated rings. The van der Waals surface area contributed by atoms with Crippen molar-refractivity contribution in [2.75, 3.05) is 11.6 Å². The van der Waals surface area contributed by atoms with Gasteiger partial charge in [-0.3, -0.25) is 4.68 Å². The average Bonchev–Trinajstić information content (AvgIpc) is 3.05. The Balaban J connectivity index is 1.87. The van der Waals surface area contributed by atoms with Gasteiger partial charge in [0.25, 0.3) is 6.43 Å². The normalized spacial score (nSPS) is 11.4. The third kappa shape index (κ3) is 3.10. The van der Waals surface area contributed by atoms with Crippen LogP contribution in [0.5, 0.6) is 0 Å². The van der Waals surface area contributed by atoms with Crippen LogP contribution in [0, 0.1) is 0 Å². The number of aromatic nitrogens is 5. The molecule has 0 saturated heterocycles. The number of fused-ring (bicyclic) bond motifs is 1. The van der Waals surface area contributed by atoms with Gasteiger partial charge in [0.05, 0.1) is 0 Å². The zero-order valence-corrected chi connectivity index (χ0v) is 12.5. The van der Waals surface area contributed by atoms with Crippen LogP contribution in [0.25, 0.3) is 10.3 Å². The maximum absolute atomic E-state index is 12.3. The van der Waals surface area contributed by atoms with E-state index >= 15 is 0 Å². The molecule has 6 nitrogen and oxygen atoms in total. The van der Waals surface area contributed by atoms with Gasteiger partial charge in [0, 0.05) is 12.3 Å². The van der Waals surface area contributed by atoms with Gasteiger partial charge in [-0.1, -0.05) is 11.8 Å². The van der Waals surface area contributed by atoms with E-state index in [0.29, 0.717) is 17.3 Å². The molecule has 3 heterocycles. The maximum atomic E-state index is 12.3. The quantitative estimate of drug-likeness (QED) is 0.726. The Morgan fingerprint density at radius 2 is 2.29 bits per heavy atom. The number of thiazole rings is 1. The molecule has 0 saturated carbocycles. The predicted octanol–water partition coefficient (Wildman–Crippen LogP) is 3.01. The van der Waals surface area contributed by atoms with Crippen molar-refractivity contribution in [2.45, 2.75) is 17.3 Å². The smallest absolute Gasteiger partial charge is 0.257 e. The van der Waals surface area contributed by atoms with Crippen LogP contribution in [0.15, 0.2) is 22.9 Å². The lowest BCUT2D eigenvalue weighted by Gasteiger charge is -2.02. The minimum Gasteiger partial charge on any atom is -0.322 e. The van der Waals surface area contributed by atoms with Gasteiger partial charge in [-0.25, -0.2) is 23.7 Å². The third-order valence-electron chi connectivity index (χ3n) is 2.56. The van der Waals surface area contributed by atoms with Crippen molar-refractivity contribution in [3.05, 3.63) is 18.6 Å². The minimum atomic E-state index is -2.44. The van der Waals surface area contributed by atoms with Gasteiger partial charge >= 0.3 is 0 Å². The Bertz CT molecular complexity index is 756. The van der Waals surface area contributed by atoms with Crippen molar-refractivity contribution in [2.24, 2.45) is 0 Å². The van der Waals surface area contributed by atoms with Crippen LogP contribution < -0.4 is 5.32 Å². The van der Waals surface area contributed by atoms with E-state index in [1.165, 1.54) is 40.3 Å². The van der Waals surface area contributed by atoms with Gasteiger partial charge in [0.2, 0.25) is 0 Å². The van der Waals surface area contributed by atoms with E-state index in [4.69, 9.17) is 0 Å². The van der Waals surface area contributed by atoms with E-state index in [-0.39, 0.29) is 0 Å². The first-order valence-electron chi connectivity index (χ1n) is 5.90. The lowest BCUT2D eigenvalue weighted by atomic mass is 10.5. The molecule has 0 amide bonds. The highest BCUT2D eigenvalue weighted by Gasteiger charge is 2.12. The van der Waals surface area contributed by atoms with Gasteiger partial charge in [-0.15, -0.1) is 11.3 Å². The van der Waals surface area contributed by atoms with Crippen molar-refractivity contribution >= 4 is 45.1 Å².